The first-order valence-electron chi connectivity index (χ1n) is 10.3. The summed E-state index contributed by atoms with van der Waals surface area (Å²) >= 11 is 11.8. The molecule has 0 radical (unpaired) electrons. The molecule has 164 valence electrons. The third-order valence-corrected chi connectivity index (χ3v) is 5.71. The van der Waals surface area contributed by atoms with Gasteiger partial charge in [-0.1, -0.05) is 23.2 Å². The number of carbonyl (C=O) groups is 1. The van der Waals surface area contributed by atoms with E-state index >= 15 is 0 Å². The Balaban J connectivity index is 1.25. The molecule has 6 nitrogen and oxygen atoms in total. The summed E-state index contributed by atoms with van der Waals surface area (Å²) in [6.07, 6.45) is 7.57. The highest BCUT2D eigenvalue weighted by molar-refractivity contribution is 6.31. The summed E-state index contributed by atoms with van der Waals surface area (Å²) in [7, 11) is 0. The van der Waals surface area contributed by atoms with Gasteiger partial charge in [-0.2, -0.15) is 0 Å². The highest BCUT2D eigenvalue weighted by Gasteiger charge is 2.24. The number of carbonyl (C=O) groups excluding carboxylic acids is 1. The lowest BCUT2D eigenvalue weighted by Gasteiger charge is -2.29. The molecule has 30 heavy (non-hydrogen) atoms. The Morgan fingerprint density at radius 1 is 1.33 bits per heavy atom. The summed E-state index contributed by atoms with van der Waals surface area (Å²) < 4.78 is 11.4. The van der Waals surface area contributed by atoms with Crippen molar-refractivity contribution in [1.29, 1.82) is 0 Å². The fraction of sp³-hybridized carbons (Fsp3) is 0.500. The van der Waals surface area contributed by atoms with Crippen molar-refractivity contribution in [3.63, 3.8) is 0 Å². The Morgan fingerprint density at radius 2 is 2.13 bits per heavy atom. The van der Waals surface area contributed by atoms with Crippen LogP contribution in [0.15, 0.2) is 47.6 Å². The molecule has 0 bridgehead atoms. The zero-order valence-electron chi connectivity index (χ0n) is 17.2. The number of ether oxygens (including phenoxy) is 2. The molecule has 3 rings (SSSR count). The van der Waals surface area contributed by atoms with Gasteiger partial charge in [-0.15, -0.1) is 0 Å². The first kappa shape index (κ1) is 22.9. The normalized spacial score (nSPS) is 23.7. The number of dihydropyridines is 1. The third-order valence-electron chi connectivity index (χ3n) is 5.22. The molecule has 0 saturated carbocycles. The molecule has 1 aromatic carbocycles. The number of hydrogen-bond donors (Lipinski definition) is 2. The zero-order valence-corrected chi connectivity index (χ0v) is 18.7. The largest absolute Gasteiger partial charge is 0.484 e. The van der Waals surface area contributed by atoms with Crippen LogP contribution in [0, 0.1) is 5.92 Å². The second-order valence-electron chi connectivity index (χ2n) is 7.82. The quantitative estimate of drug-likeness (QED) is 0.530. The van der Waals surface area contributed by atoms with Gasteiger partial charge < -0.3 is 25.0 Å². The molecular formula is C22H29Cl2N3O3. The van der Waals surface area contributed by atoms with Gasteiger partial charge in [0.15, 0.2) is 12.3 Å². The zero-order chi connectivity index (χ0) is 21.4. The Kier molecular flexibility index (Phi) is 8.45. The number of halogens is 2. The van der Waals surface area contributed by atoms with Crippen LogP contribution in [0.5, 0.6) is 5.75 Å². The number of amides is 1. The minimum atomic E-state index is -0.496. The molecule has 2 aliphatic heterocycles. The maximum absolute atomic E-state index is 12.0. The number of likely N-dealkylation sites (tertiary alicyclic amines) is 1. The average molecular weight is 454 g/mol. The van der Waals surface area contributed by atoms with Gasteiger partial charge in [0.1, 0.15) is 5.75 Å². The van der Waals surface area contributed by atoms with E-state index in [0.29, 0.717) is 34.9 Å². The highest BCUT2D eigenvalue weighted by atomic mass is 35.5. The summed E-state index contributed by atoms with van der Waals surface area (Å²) in [5.74, 6) is 1.00. The molecular weight excluding hydrogens is 425 g/mol. The number of nitrogens with zero attached hydrogens (tertiary/aromatic N) is 1. The van der Waals surface area contributed by atoms with Gasteiger partial charge in [0.05, 0.1) is 11.6 Å². The number of allylic oxidation sites excluding steroid dienone is 2. The van der Waals surface area contributed by atoms with E-state index in [2.05, 4.69) is 15.5 Å². The topological polar surface area (TPSA) is 62.8 Å². The minimum Gasteiger partial charge on any atom is -0.484 e. The summed E-state index contributed by atoms with van der Waals surface area (Å²) in [6.45, 7) is 6.36. The highest BCUT2D eigenvalue weighted by Crippen LogP contribution is 2.19. The predicted octanol–water partition coefficient (Wildman–Crippen LogP) is 3.52. The van der Waals surface area contributed by atoms with Crippen molar-refractivity contribution in [2.24, 2.45) is 5.92 Å². The first-order valence-corrected chi connectivity index (χ1v) is 11.0. The third kappa shape index (κ3) is 7.51. The van der Waals surface area contributed by atoms with E-state index < -0.39 is 5.72 Å². The van der Waals surface area contributed by atoms with E-state index in [1.54, 1.807) is 30.5 Å². The van der Waals surface area contributed by atoms with Crippen LogP contribution >= 0.6 is 23.2 Å². The molecule has 2 aliphatic rings. The molecule has 2 heterocycles. The molecule has 2 atom stereocenters. The maximum Gasteiger partial charge on any atom is 0.257 e. The van der Waals surface area contributed by atoms with E-state index in [0.717, 1.165) is 32.5 Å². The molecule has 1 aromatic rings. The van der Waals surface area contributed by atoms with Crippen LogP contribution in [0.1, 0.15) is 19.8 Å². The van der Waals surface area contributed by atoms with Crippen LogP contribution < -0.4 is 15.4 Å². The maximum atomic E-state index is 12.0. The summed E-state index contributed by atoms with van der Waals surface area (Å²) in [5, 5.41) is 7.44. The van der Waals surface area contributed by atoms with Crippen molar-refractivity contribution in [2.75, 3.05) is 39.4 Å². The molecule has 2 unspecified atom stereocenters. The Hall–Kier alpha value is -1.73. The standard InChI is InChI=1S/C22H29Cl2N3O3/c1-22(9-7-19(24)14-26-22)30-12-2-10-27-11-8-17(15-27)13-25-21(28)16-29-20-5-3-18(23)4-6-20/h3-7,9,14,17,26H,2,8,10-13,15-16H2,1H3,(H,25,28). The molecule has 0 aliphatic carbocycles. The van der Waals surface area contributed by atoms with Crippen LogP contribution in [-0.4, -0.2) is 55.9 Å². The van der Waals surface area contributed by atoms with Gasteiger partial charge in [0.2, 0.25) is 0 Å². The lowest BCUT2D eigenvalue weighted by Crippen LogP contribution is -2.42. The van der Waals surface area contributed by atoms with Crippen molar-refractivity contribution >= 4 is 29.1 Å². The number of hydrogen-bond acceptors (Lipinski definition) is 5. The van der Waals surface area contributed by atoms with Crippen molar-refractivity contribution in [3.05, 3.63) is 52.7 Å². The lowest BCUT2D eigenvalue weighted by atomic mass is 10.1. The van der Waals surface area contributed by atoms with Crippen molar-refractivity contribution in [3.8, 4) is 5.75 Å². The Bertz CT molecular complexity index is 769. The van der Waals surface area contributed by atoms with Crippen molar-refractivity contribution in [1.82, 2.24) is 15.5 Å². The van der Waals surface area contributed by atoms with Crippen LogP contribution in [0.4, 0.5) is 0 Å². The van der Waals surface area contributed by atoms with Crippen LogP contribution in [0.25, 0.3) is 0 Å². The molecule has 2 N–H and O–H groups in total. The fourth-order valence-corrected chi connectivity index (χ4v) is 3.72. The average Bonchev–Trinajstić information content (AvgIpc) is 3.20. The van der Waals surface area contributed by atoms with Gasteiger partial charge in [0, 0.05) is 30.9 Å². The van der Waals surface area contributed by atoms with E-state index in [4.69, 9.17) is 32.7 Å². The second-order valence-corrected chi connectivity index (χ2v) is 8.69. The molecule has 1 fully saturated rings. The second kappa shape index (κ2) is 11.0. The Labute approximate surface area is 188 Å². The van der Waals surface area contributed by atoms with E-state index in [9.17, 15) is 4.79 Å². The SMILES string of the molecule is CC1(OCCCN2CCC(CNC(=O)COc3ccc(Cl)cc3)C2)C=CC(Cl)=CN1. The van der Waals surface area contributed by atoms with Gasteiger partial charge in [0.25, 0.3) is 5.91 Å². The molecule has 1 amide bonds. The van der Waals surface area contributed by atoms with Gasteiger partial charge in [-0.25, -0.2) is 0 Å². The smallest absolute Gasteiger partial charge is 0.257 e. The van der Waals surface area contributed by atoms with Crippen LogP contribution in [-0.2, 0) is 9.53 Å². The van der Waals surface area contributed by atoms with Gasteiger partial charge in [-0.3, -0.25) is 4.79 Å². The molecule has 0 aromatic heterocycles. The predicted molar refractivity (Wildman–Crippen MR) is 120 cm³/mol. The van der Waals surface area contributed by atoms with E-state index in [1.165, 1.54) is 0 Å². The van der Waals surface area contributed by atoms with Crippen molar-refractivity contribution in [2.45, 2.75) is 25.5 Å². The van der Waals surface area contributed by atoms with Crippen LogP contribution in [0.2, 0.25) is 5.02 Å². The van der Waals surface area contributed by atoms with Gasteiger partial charge in [-0.05, 0) is 68.6 Å². The molecule has 8 heteroatoms. The van der Waals surface area contributed by atoms with Crippen molar-refractivity contribution < 1.29 is 14.3 Å². The Morgan fingerprint density at radius 3 is 2.87 bits per heavy atom. The minimum absolute atomic E-state index is 0.0110. The number of benzene rings is 1. The fourth-order valence-electron chi connectivity index (χ4n) is 3.48. The summed E-state index contributed by atoms with van der Waals surface area (Å²) in [4.78, 5) is 14.4. The summed E-state index contributed by atoms with van der Waals surface area (Å²) in [5.41, 5.74) is -0.496. The monoisotopic (exact) mass is 453 g/mol. The number of rotatable bonds is 10. The van der Waals surface area contributed by atoms with Crippen LogP contribution in [0.3, 0.4) is 0 Å². The van der Waals surface area contributed by atoms with E-state index in [-0.39, 0.29) is 12.5 Å². The first-order chi connectivity index (χ1) is 14.4. The number of nitrogens with one attached hydrogen (secondary N) is 2. The lowest BCUT2D eigenvalue weighted by molar-refractivity contribution is -0.123. The summed E-state index contributed by atoms with van der Waals surface area (Å²) in [6, 6.07) is 6.98. The van der Waals surface area contributed by atoms with Gasteiger partial charge >= 0.3 is 0 Å². The molecule has 0 spiro atoms. The van der Waals surface area contributed by atoms with E-state index in [1.807, 2.05) is 19.1 Å². The molecule has 1 saturated heterocycles.